The molecule has 0 radical (unpaired) electrons. The molecule has 96 valence electrons. The Hall–Kier alpha value is -0.570. The smallest absolute Gasteiger partial charge is 0.240 e. The van der Waals surface area contributed by atoms with Crippen LogP contribution < -0.4 is 5.84 Å². The van der Waals surface area contributed by atoms with Crippen LogP contribution in [0.1, 0.15) is 57.8 Å². The van der Waals surface area contributed by atoms with Gasteiger partial charge in [-0.1, -0.05) is 32.1 Å². The summed E-state index contributed by atoms with van der Waals surface area (Å²) in [4.78, 5) is 12.4. The van der Waals surface area contributed by atoms with E-state index in [1.807, 2.05) is 0 Å². The summed E-state index contributed by atoms with van der Waals surface area (Å²) in [6.45, 7) is 0. The Morgan fingerprint density at radius 2 is 1.59 bits per heavy atom. The summed E-state index contributed by atoms with van der Waals surface area (Å²) >= 11 is 0. The Morgan fingerprint density at radius 1 is 0.941 bits per heavy atom. The van der Waals surface area contributed by atoms with E-state index in [0.29, 0.717) is 17.9 Å². The second-order valence-corrected chi connectivity index (χ2v) is 6.19. The second-order valence-electron chi connectivity index (χ2n) is 6.19. The van der Waals surface area contributed by atoms with Crippen LogP contribution in [0, 0.1) is 17.8 Å². The number of carbonyl (C=O) groups excluding carboxylic acids is 1. The lowest BCUT2D eigenvalue weighted by molar-refractivity contribution is -0.134. The van der Waals surface area contributed by atoms with Crippen molar-refractivity contribution in [2.24, 2.45) is 23.6 Å². The van der Waals surface area contributed by atoms with Crippen LogP contribution in [0.25, 0.3) is 0 Å². The van der Waals surface area contributed by atoms with Gasteiger partial charge in [-0.15, -0.1) is 0 Å². The second kappa shape index (κ2) is 4.60. The van der Waals surface area contributed by atoms with E-state index >= 15 is 0 Å². The van der Waals surface area contributed by atoms with Crippen molar-refractivity contribution in [1.29, 1.82) is 0 Å². The first-order valence-electron chi connectivity index (χ1n) is 7.37. The number of amides is 1. The van der Waals surface area contributed by atoms with E-state index in [1.165, 1.54) is 51.4 Å². The van der Waals surface area contributed by atoms with E-state index in [4.69, 9.17) is 5.84 Å². The molecule has 2 N–H and O–H groups in total. The zero-order valence-electron chi connectivity index (χ0n) is 10.6. The third kappa shape index (κ3) is 1.88. The van der Waals surface area contributed by atoms with E-state index in [1.54, 1.807) is 5.01 Å². The van der Waals surface area contributed by atoms with E-state index in [-0.39, 0.29) is 11.8 Å². The first-order chi connectivity index (χ1) is 8.29. The minimum absolute atomic E-state index is 0.258. The van der Waals surface area contributed by atoms with Crippen molar-refractivity contribution in [3.05, 3.63) is 0 Å². The third-order valence-electron chi connectivity index (χ3n) is 5.30. The van der Waals surface area contributed by atoms with Crippen molar-refractivity contribution < 1.29 is 4.79 Å². The molecule has 2 aliphatic carbocycles. The van der Waals surface area contributed by atoms with Gasteiger partial charge >= 0.3 is 0 Å². The number of fused-ring (bicyclic) bond motifs is 1. The summed E-state index contributed by atoms with van der Waals surface area (Å²) in [6, 6.07) is 0.364. The number of nitrogens with zero attached hydrogens (tertiary/aromatic N) is 1. The van der Waals surface area contributed by atoms with E-state index in [9.17, 15) is 4.79 Å². The minimum atomic E-state index is 0.258. The molecule has 1 heterocycles. The number of nitrogens with two attached hydrogens (primary N) is 1. The average molecular weight is 236 g/mol. The molecular formula is C14H24N2O. The molecule has 3 fully saturated rings. The van der Waals surface area contributed by atoms with Gasteiger partial charge in [-0.25, -0.2) is 5.84 Å². The molecule has 1 aliphatic heterocycles. The molecule has 3 nitrogen and oxygen atoms in total. The van der Waals surface area contributed by atoms with Crippen molar-refractivity contribution in [3.63, 3.8) is 0 Å². The highest BCUT2D eigenvalue weighted by atomic mass is 16.2. The first kappa shape index (κ1) is 11.5. The van der Waals surface area contributed by atoms with Crippen molar-refractivity contribution in [1.82, 2.24) is 5.01 Å². The van der Waals surface area contributed by atoms with Gasteiger partial charge in [-0.2, -0.15) is 0 Å². The Kier molecular flexibility index (Phi) is 3.12. The monoisotopic (exact) mass is 236 g/mol. The van der Waals surface area contributed by atoms with E-state index in [0.717, 1.165) is 6.42 Å². The van der Waals surface area contributed by atoms with Crippen LogP contribution in [-0.2, 0) is 4.79 Å². The molecule has 17 heavy (non-hydrogen) atoms. The van der Waals surface area contributed by atoms with Crippen molar-refractivity contribution in [3.8, 4) is 0 Å². The molecule has 0 aromatic rings. The van der Waals surface area contributed by atoms with Gasteiger partial charge in [0.2, 0.25) is 5.91 Å². The average Bonchev–Trinajstić information content (AvgIpc) is 2.64. The fraction of sp³-hybridized carbons (Fsp3) is 0.929. The van der Waals surface area contributed by atoms with E-state index < -0.39 is 0 Å². The molecule has 0 spiro atoms. The van der Waals surface area contributed by atoms with Gasteiger partial charge in [0.15, 0.2) is 0 Å². The predicted molar refractivity (Wildman–Crippen MR) is 66.8 cm³/mol. The van der Waals surface area contributed by atoms with Crippen LogP contribution in [0.2, 0.25) is 0 Å². The highest BCUT2D eigenvalue weighted by Crippen LogP contribution is 2.46. The van der Waals surface area contributed by atoms with Gasteiger partial charge in [0.1, 0.15) is 0 Å². The maximum atomic E-state index is 12.4. The zero-order chi connectivity index (χ0) is 11.8. The van der Waals surface area contributed by atoms with Gasteiger partial charge in [0.05, 0.1) is 6.04 Å². The predicted octanol–water partition coefficient (Wildman–Crippen LogP) is 2.46. The topological polar surface area (TPSA) is 46.3 Å². The van der Waals surface area contributed by atoms with Crippen LogP contribution in [0.5, 0.6) is 0 Å². The highest BCUT2D eigenvalue weighted by Gasteiger charge is 2.50. The molecule has 2 saturated carbocycles. The molecule has 3 unspecified atom stereocenters. The number of hydrogen-bond donors (Lipinski definition) is 1. The normalized spacial score (nSPS) is 39.5. The van der Waals surface area contributed by atoms with Crippen LogP contribution in [-0.4, -0.2) is 17.0 Å². The van der Waals surface area contributed by atoms with Crippen LogP contribution in [0.15, 0.2) is 0 Å². The largest absolute Gasteiger partial charge is 0.277 e. The highest BCUT2D eigenvalue weighted by molar-refractivity contribution is 5.81. The van der Waals surface area contributed by atoms with Gasteiger partial charge in [0.25, 0.3) is 0 Å². The summed E-state index contributed by atoms with van der Waals surface area (Å²) in [7, 11) is 0. The first-order valence-corrected chi connectivity index (χ1v) is 7.37. The molecule has 3 aliphatic rings. The number of hydrazine groups is 1. The summed E-state index contributed by atoms with van der Waals surface area (Å²) in [6.07, 6.45) is 11.4. The molecule has 3 rings (SSSR count). The maximum Gasteiger partial charge on any atom is 0.240 e. The number of hydrogen-bond acceptors (Lipinski definition) is 2. The maximum absolute atomic E-state index is 12.4. The van der Waals surface area contributed by atoms with Crippen molar-refractivity contribution in [2.75, 3.05) is 0 Å². The van der Waals surface area contributed by atoms with Crippen LogP contribution in [0.4, 0.5) is 0 Å². The zero-order valence-corrected chi connectivity index (χ0v) is 10.6. The molecule has 3 heteroatoms. The Balaban J connectivity index is 1.79. The Bertz CT molecular complexity index is 299. The summed E-state index contributed by atoms with van der Waals surface area (Å²) in [5, 5.41) is 1.60. The fourth-order valence-electron chi connectivity index (χ4n) is 4.47. The molecule has 3 atom stereocenters. The fourth-order valence-corrected chi connectivity index (χ4v) is 4.47. The molecule has 1 saturated heterocycles. The number of rotatable bonds is 1. The van der Waals surface area contributed by atoms with Gasteiger partial charge in [0, 0.05) is 5.92 Å². The van der Waals surface area contributed by atoms with E-state index in [2.05, 4.69) is 0 Å². The van der Waals surface area contributed by atoms with Crippen LogP contribution >= 0.6 is 0 Å². The van der Waals surface area contributed by atoms with Crippen molar-refractivity contribution in [2.45, 2.75) is 63.8 Å². The quantitative estimate of drug-likeness (QED) is 0.561. The van der Waals surface area contributed by atoms with Crippen LogP contribution in [0.3, 0.4) is 0 Å². The lowest BCUT2D eigenvalue weighted by Crippen LogP contribution is -2.42. The van der Waals surface area contributed by atoms with Crippen molar-refractivity contribution >= 4 is 5.91 Å². The molecule has 0 bridgehead atoms. The molecule has 0 aromatic heterocycles. The lowest BCUT2D eigenvalue weighted by Gasteiger charge is -2.33. The SMILES string of the molecule is NN1C(=O)C(C2CCCCC2)C2CCCCC21. The Labute approximate surface area is 104 Å². The molecule has 0 aromatic carbocycles. The summed E-state index contributed by atoms with van der Waals surface area (Å²) < 4.78 is 0. The van der Waals surface area contributed by atoms with Gasteiger partial charge < -0.3 is 0 Å². The summed E-state index contributed by atoms with van der Waals surface area (Å²) in [5.74, 6) is 7.75. The third-order valence-corrected chi connectivity index (χ3v) is 5.30. The Morgan fingerprint density at radius 3 is 2.35 bits per heavy atom. The van der Waals surface area contributed by atoms with Gasteiger partial charge in [-0.3, -0.25) is 9.80 Å². The standard InChI is InChI=1S/C14H24N2O/c15-16-12-9-5-4-8-11(12)13(14(16)17)10-6-2-1-3-7-10/h10-13H,1-9,15H2. The minimum Gasteiger partial charge on any atom is -0.277 e. The lowest BCUT2D eigenvalue weighted by atomic mass is 9.70. The number of carbonyl (C=O) groups is 1. The van der Waals surface area contributed by atoms with Gasteiger partial charge in [-0.05, 0) is 37.5 Å². The summed E-state index contributed by atoms with van der Waals surface area (Å²) in [5.41, 5.74) is 0. The molecule has 1 amide bonds. The molecular weight excluding hydrogens is 212 g/mol.